The average Bonchev–Trinajstić information content (AvgIpc) is 2.79. The lowest BCUT2D eigenvalue weighted by molar-refractivity contribution is -0.311. The molecule has 0 amide bonds. The summed E-state index contributed by atoms with van der Waals surface area (Å²) in [6.07, 6.45) is -1.91. The number of aliphatic hydroxyl groups is 1. The Balaban J connectivity index is 1.67. The second kappa shape index (κ2) is 12.0. The van der Waals surface area contributed by atoms with Crippen molar-refractivity contribution in [2.45, 2.75) is 43.9 Å². The molecular formula is C24H30O6. The van der Waals surface area contributed by atoms with Crippen molar-refractivity contribution in [3.05, 3.63) is 84.4 Å². The molecule has 1 heterocycles. The van der Waals surface area contributed by atoms with Gasteiger partial charge in [-0.3, -0.25) is 0 Å². The van der Waals surface area contributed by atoms with Crippen molar-refractivity contribution in [3.8, 4) is 0 Å². The van der Waals surface area contributed by atoms with Crippen molar-refractivity contribution in [3.63, 3.8) is 0 Å². The number of aliphatic hydroxyl groups excluding tert-OH is 1. The van der Waals surface area contributed by atoms with Crippen LogP contribution in [0.1, 0.15) is 11.1 Å². The number of hydrogen-bond acceptors (Lipinski definition) is 6. The van der Waals surface area contributed by atoms with Gasteiger partial charge in [0, 0.05) is 7.11 Å². The molecule has 0 spiro atoms. The molecule has 1 aliphatic heterocycles. The second-order valence-corrected chi connectivity index (χ2v) is 7.12. The van der Waals surface area contributed by atoms with E-state index in [-0.39, 0.29) is 13.2 Å². The standard InChI is InChI=1S/C24H30O6/c1-3-14-28-23-21(25)22(29-16-19-12-8-5-9-13-19)20(30-24(23)26-2)17-27-15-18-10-6-4-7-11-18/h3-13,20-25H,1,14-17H2,2H3/t20-,21+,22-,23-,24+/m1/s1. The van der Waals surface area contributed by atoms with E-state index in [1.165, 1.54) is 7.11 Å². The van der Waals surface area contributed by atoms with Crippen molar-refractivity contribution in [1.29, 1.82) is 0 Å². The normalized spacial score (nSPS) is 26.4. The molecule has 2 aromatic rings. The van der Waals surface area contributed by atoms with Gasteiger partial charge in [0.05, 0.1) is 26.4 Å². The van der Waals surface area contributed by atoms with Crippen LogP contribution in [0.3, 0.4) is 0 Å². The van der Waals surface area contributed by atoms with E-state index in [2.05, 4.69) is 6.58 Å². The first-order valence-electron chi connectivity index (χ1n) is 10.1. The van der Waals surface area contributed by atoms with E-state index >= 15 is 0 Å². The Morgan fingerprint density at radius 3 is 2.17 bits per heavy atom. The van der Waals surface area contributed by atoms with Gasteiger partial charge in [-0.15, -0.1) is 6.58 Å². The zero-order chi connectivity index (χ0) is 21.2. The lowest BCUT2D eigenvalue weighted by Crippen LogP contribution is -2.60. The third-order valence-corrected chi connectivity index (χ3v) is 4.93. The van der Waals surface area contributed by atoms with Gasteiger partial charge in [0.15, 0.2) is 6.29 Å². The summed E-state index contributed by atoms with van der Waals surface area (Å²) in [5.74, 6) is 0. The van der Waals surface area contributed by atoms with Crippen LogP contribution in [0.15, 0.2) is 73.3 Å². The monoisotopic (exact) mass is 414 g/mol. The third-order valence-electron chi connectivity index (χ3n) is 4.93. The molecule has 30 heavy (non-hydrogen) atoms. The molecule has 2 aromatic carbocycles. The zero-order valence-corrected chi connectivity index (χ0v) is 17.3. The number of rotatable bonds is 11. The summed E-state index contributed by atoms with van der Waals surface area (Å²) < 4.78 is 29.2. The Labute approximate surface area is 178 Å². The van der Waals surface area contributed by atoms with Crippen LogP contribution in [0.2, 0.25) is 0 Å². The quantitative estimate of drug-likeness (QED) is 0.570. The topological polar surface area (TPSA) is 66.4 Å². The van der Waals surface area contributed by atoms with E-state index in [0.29, 0.717) is 13.2 Å². The summed E-state index contributed by atoms with van der Waals surface area (Å²) in [5, 5.41) is 11.0. The summed E-state index contributed by atoms with van der Waals surface area (Å²) in [4.78, 5) is 0. The molecule has 6 nitrogen and oxygen atoms in total. The van der Waals surface area contributed by atoms with Gasteiger partial charge in [0.25, 0.3) is 0 Å². The maximum absolute atomic E-state index is 11.0. The van der Waals surface area contributed by atoms with Gasteiger partial charge in [-0.1, -0.05) is 66.7 Å². The number of methoxy groups -OCH3 is 1. The number of benzene rings is 2. The molecule has 0 saturated carbocycles. The molecule has 1 fully saturated rings. The molecule has 5 atom stereocenters. The van der Waals surface area contributed by atoms with Crippen LogP contribution >= 0.6 is 0 Å². The van der Waals surface area contributed by atoms with Crippen molar-refractivity contribution >= 4 is 0 Å². The zero-order valence-electron chi connectivity index (χ0n) is 17.3. The van der Waals surface area contributed by atoms with Gasteiger partial charge in [-0.05, 0) is 11.1 Å². The van der Waals surface area contributed by atoms with Crippen LogP contribution in [-0.2, 0) is 36.9 Å². The molecular weight excluding hydrogens is 384 g/mol. The largest absolute Gasteiger partial charge is 0.387 e. The SMILES string of the molecule is C=CCO[C@H]1[C@@H](OC)O[C@H](COCc2ccccc2)[C@@H](OCc2ccccc2)[C@@H]1O. The summed E-state index contributed by atoms with van der Waals surface area (Å²) in [6.45, 7) is 4.96. The van der Waals surface area contributed by atoms with Crippen molar-refractivity contribution in [1.82, 2.24) is 0 Å². The Bertz CT molecular complexity index is 738. The molecule has 0 bridgehead atoms. The molecule has 0 aromatic heterocycles. The molecule has 6 heteroatoms. The van der Waals surface area contributed by atoms with Gasteiger partial charge < -0.3 is 28.8 Å². The Kier molecular flexibility index (Phi) is 9.01. The lowest BCUT2D eigenvalue weighted by atomic mass is 9.98. The third kappa shape index (κ3) is 6.22. The lowest BCUT2D eigenvalue weighted by Gasteiger charge is -2.43. The molecule has 162 valence electrons. The van der Waals surface area contributed by atoms with Gasteiger partial charge in [-0.2, -0.15) is 0 Å². The van der Waals surface area contributed by atoms with Gasteiger partial charge in [-0.25, -0.2) is 0 Å². The first kappa shape index (κ1) is 22.6. The highest BCUT2D eigenvalue weighted by Gasteiger charge is 2.47. The minimum atomic E-state index is -0.947. The van der Waals surface area contributed by atoms with Crippen molar-refractivity contribution < 1.29 is 28.8 Å². The van der Waals surface area contributed by atoms with Crippen LogP contribution in [0.5, 0.6) is 0 Å². The highest BCUT2D eigenvalue weighted by molar-refractivity contribution is 5.14. The first-order valence-corrected chi connectivity index (χ1v) is 10.1. The van der Waals surface area contributed by atoms with Gasteiger partial charge in [0.1, 0.15) is 24.4 Å². The predicted octanol–water partition coefficient (Wildman–Crippen LogP) is 3.09. The first-order chi connectivity index (χ1) is 14.7. The van der Waals surface area contributed by atoms with Crippen LogP contribution in [0.4, 0.5) is 0 Å². The summed E-state index contributed by atoms with van der Waals surface area (Å²) >= 11 is 0. The Hall–Kier alpha value is -2.06. The van der Waals surface area contributed by atoms with E-state index in [4.69, 9.17) is 23.7 Å². The van der Waals surface area contributed by atoms with Crippen LogP contribution in [0.25, 0.3) is 0 Å². The molecule has 1 N–H and O–H groups in total. The summed E-state index contributed by atoms with van der Waals surface area (Å²) in [6, 6.07) is 19.7. The second-order valence-electron chi connectivity index (χ2n) is 7.12. The molecule has 0 aliphatic carbocycles. The van der Waals surface area contributed by atoms with Gasteiger partial charge >= 0.3 is 0 Å². The smallest absolute Gasteiger partial charge is 0.186 e. The van der Waals surface area contributed by atoms with Crippen LogP contribution in [0, 0.1) is 0 Å². The molecule has 3 rings (SSSR count). The minimum absolute atomic E-state index is 0.249. The fraction of sp³-hybridized carbons (Fsp3) is 0.417. The van der Waals surface area contributed by atoms with Crippen LogP contribution in [-0.4, -0.2) is 56.1 Å². The van der Waals surface area contributed by atoms with E-state index in [9.17, 15) is 5.11 Å². The van der Waals surface area contributed by atoms with E-state index in [1.807, 2.05) is 60.7 Å². The Morgan fingerprint density at radius 2 is 1.57 bits per heavy atom. The number of hydrogen-bond donors (Lipinski definition) is 1. The fourth-order valence-electron chi connectivity index (χ4n) is 3.41. The highest BCUT2D eigenvalue weighted by Crippen LogP contribution is 2.27. The highest BCUT2D eigenvalue weighted by atomic mass is 16.7. The van der Waals surface area contributed by atoms with Gasteiger partial charge in [0.2, 0.25) is 0 Å². The molecule has 1 aliphatic rings. The summed E-state index contributed by atoms with van der Waals surface area (Å²) in [5.41, 5.74) is 2.07. The molecule has 1 saturated heterocycles. The molecule has 0 unspecified atom stereocenters. The predicted molar refractivity (Wildman–Crippen MR) is 113 cm³/mol. The maximum atomic E-state index is 11.0. The number of ether oxygens (including phenoxy) is 5. The Morgan fingerprint density at radius 1 is 0.933 bits per heavy atom. The van der Waals surface area contributed by atoms with E-state index < -0.39 is 30.7 Å². The van der Waals surface area contributed by atoms with Crippen molar-refractivity contribution in [2.75, 3.05) is 20.3 Å². The summed E-state index contributed by atoms with van der Waals surface area (Å²) in [7, 11) is 1.52. The van der Waals surface area contributed by atoms with E-state index in [1.54, 1.807) is 6.08 Å². The fourth-order valence-corrected chi connectivity index (χ4v) is 3.41. The van der Waals surface area contributed by atoms with E-state index in [0.717, 1.165) is 11.1 Å². The molecule has 0 radical (unpaired) electrons. The minimum Gasteiger partial charge on any atom is -0.387 e. The maximum Gasteiger partial charge on any atom is 0.186 e. The van der Waals surface area contributed by atoms with Crippen molar-refractivity contribution in [2.24, 2.45) is 0 Å². The average molecular weight is 414 g/mol. The van der Waals surface area contributed by atoms with Crippen LogP contribution < -0.4 is 0 Å².